The van der Waals surface area contributed by atoms with Crippen molar-refractivity contribution in [1.82, 2.24) is 15.0 Å². The van der Waals surface area contributed by atoms with Crippen molar-refractivity contribution in [3.05, 3.63) is 36.8 Å². The average molecular weight is 229 g/mol. The van der Waals surface area contributed by atoms with Crippen LogP contribution in [0.1, 0.15) is 0 Å². The lowest BCUT2D eigenvalue weighted by molar-refractivity contribution is 0.473. The lowest BCUT2D eigenvalue weighted by Gasteiger charge is -1.94. The van der Waals surface area contributed by atoms with Gasteiger partial charge < -0.3 is 5.11 Å². The van der Waals surface area contributed by atoms with Gasteiger partial charge in [-0.05, 0) is 18.2 Å². The van der Waals surface area contributed by atoms with Gasteiger partial charge in [-0.1, -0.05) is 11.3 Å². The molecule has 3 aromatic rings. The molecule has 0 aromatic carbocycles. The predicted octanol–water partition coefficient (Wildman–Crippen LogP) is 2.46. The van der Waals surface area contributed by atoms with Gasteiger partial charge in [0.25, 0.3) is 0 Å². The van der Waals surface area contributed by atoms with Crippen molar-refractivity contribution < 1.29 is 5.11 Å². The van der Waals surface area contributed by atoms with Crippen molar-refractivity contribution in [1.29, 1.82) is 0 Å². The second-order valence-electron chi connectivity index (χ2n) is 3.28. The van der Waals surface area contributed by atoms with Crippen LogP contribution in [0.5, 0.6) is 5.75 Å². The van der Waals surface area contributed by atoms with Crippen molar-refractivity contribution in [2.75, 3.05) is 0 Å². The van der Waals surface area contributed by atoms with Gasteiger partial charge in [0, 0.05) is 18.0 Å². The molecule has 3 aromatic heterocycles. The van der Waals surface area contributed by atoms with Crippen LogP contribution in [0.25, 0.3) is 20.9 Å². The molecule has 1 N–H and O–H groups in total. The number of rotatable bonds is 1. The Morgan fingerprint density at radius 1 is 1.25 bits per heavy atom. The molecule has 0 bridgehead atoms. The Labute approximate surface area is 95.3 Å². The van der Waals surface area contributed by atoms with Gasteiger partial charge in [-0.25, -0.2) is 9.97 Å². The molecule has 0 saturated carbocycles. The minimum atomic E-state index is 0.143. The molecule has 16 heavy (non-hydrogen) atoms. The predicted molar refractivity (Wildman–Crippen MR) is 62.3 cm³/mol. The number of aromatic hydroxyl groups is 1. The molecule has 5 heteroatoms. The molecule has 3 rings (SSSR count). The first-order chi connectivity index (χ1) is 7.83. The number of nitrogens with zero attached hydrogens (tertiary/aromatic N) is 3. The molecule has 4 nitrogen and oxygen atoms in total. The van der Waals surface area contributed by atoms with Crippen LogP contribution in [0, 0.1) is 0 Å². The number of hydrogen-bond donors (Lipinski definition) is 1. The van der Waals surface area contributed by atoms with Gasteiger partial charge in [-0.2, -0.15) is 0 Å². The monoisotopic (exact) mass is 229 g/mol. The molecule has 0 fully saturated rings. The number of pyridine rings is 2. The van der Waals surface area contributed by atoms with Crippen LogP contribution < -0.4 is 0 Å². The average Bonchev–Trinajstić information content (AvgIpc) is 2.72. The highest BCUT2D eigenvalue weighted by molar-refractivity contribution is 7.21. The lowest BCUT2D eigenvalue weighted by atomic mass is 10.3. The molecule has 0 spiro atoms. The van der Waals surface area contributed by atoms with E-state index in [2.05, 4.69) is 15.0 Å². The van der Waals surface area contributed by atoms with E-state index in [0.717, 1.165) is 20.9 Å². The van der Waals surface area contributed by atoms with Crippen molar-refractivity contribution in [3.8, 4) is 16.3 Å². The molecule has 0 unspecified atom stereocenters. The molecule has 0 atom stereocenters. The smallest absolute Gasteiger partial charge is 0.143 e. The van der Waals surface area contributed by atoms with Crippen LogP contribution >= 0.6 is 11.3 Å². The molecule has 0 amide bonds. The van der Waals surface area contributed by atoms with E-state index in [1.54, 1.807) is 18.5 Å². The second-order valence-corrected chi connectivity index (χ2v) is 4.26. The maximum absolute atomic E-state index is 9.35. The molecule has 78 valence electrons. The molecule has 0 saturated heterocycles. The number of thiazole rings is 1. The quantitative estimate of drug-likeness (QED) is 0.696. The SMILES string of the molecule is Oc1cncc(-c2nc3cccnc3s2)c1. The second kappa shape index (κ2) is 3.53. The Kier molecular flexibility index (Phi) is 2.04. The fourth-order valence-electron chi connectivity index (χ4n) is 1.44. The van der Waals surface area contributed by atoms with E-state index < -0.39 is 0 Å². The highest BCUT2D eigenvalue weighted by atomic mass is 32.1. The van der Waals surface area contributed by atoms with E-state index in [4.69, 9.17) is 0 Å². The van der Waals surface area contributed by atoms with Crippen LogP contribution in [0.2, 0.25) is 0 Å². The molecule has 0 aliphatic heterocycles. The van der Waals surface area contributed by atoms with Gasteiger partial charge in [0.15, 0.2) is 0 Å². The maximum Gasteiger partial charge on any atom is 0.143 e. The van der Waals surface area contributed by atoms with Crippen molar-refractivity contribution in [2.24, 2.45) is 0 Å². The Bertz CT molecular complexity index is 617. The summed E-state index contributed by atoms with van der Waals surface area (Å²) in [7, 11) is 0. The Morgan fingerprint density at radius 2 is 2.19 bits per heavy atom. The normalized spacial score (nSPS) is 10.8. The van der Waals surface area contributed by atoms with Crippen LogP contribution in [0.15, 0.2) is 36.8 Å². The van der Waals surface area contributed by atoms with Gasteiger partial charge in [0.05, 0.1) is 6.20 Å². The summed E-state index contributed by atoms with van der Waals surface area (Å²) in [6.45, 7) is 0. The molecule has 0 aliphatic carbocycles. The highest BCUT2D eigenvalue weighted by Crippen LogP contribution is 2.29. The Morgan fingerprint density at radius 3 is 3.00 bits per heavy atom. The fraction of sp³-hybridized carbons (Fsp3) is 0. The fourth-order valence-corrected chi connectivity index (χ4v) is 2.33. The van der Waals surface area contributed by atoms with Crippen LogP contribution in [0.4, 0.5) is 0 Å². The minimum absolute atomic E-state index is 0.143. The topological polar surface area (TPSA) is 58.9 Å². The van der Waals surface area contributed by atoms with Crippen LogP contribution in [0.3, 0.4) is 0 Å². The van der Waals surface area contributed by atoms with E-state index >= 15 is 0 Å². The van der Waals surface area contributed by atoms with Gasteiger partial charge in [-0.15, -0.1) is 0 Å². The van der Waals surface area contributed by atoms with Crippen molar-refractivity contribution >= 4 is 21.7 Å². The third-order valence-electron chi connectivity index (χ3n) is 2.14. The summed E-state index contributed by atoms with van der Waals surface area (Å²) < 4.78 is 0. The standard InChI is InChI=1S/C11H7N3OS/c15-8-4-7(5-12-6-8)10-14-9-2-1-3-13-11(9)16-10/h1-6,15H. The van der Waals surface area contributed by atoms with Crippen LogP contribution in [-0.4, -0.2) is 20.1 Å². The summed E-state index contributed by atoms with van der Waals surface area (Å²) in [5.74, 6) is 0.143. The maximum atomic E-state index is 9.35. The first-order valence-corrected chi connectivity index (χ1v) is 5.50. The van der Waals surface area contributed by atoms with Crippen molar-refractivity contribution in [2.45, 2.75) is 0 Å². The number of hydrogen-bond acceptors (Lipinski definition) is 5. The van der Waals surface area contributed by atoms with Crippen molar-refractivity contribution in [3.63, 3.8) is 0 Å². The third-order valence-corrected chi connectivity index (χ3v) is 3.17. The number of fused-ring (bicyclic) bond motifs is 1. The summed E-state index contributed by atoms with van der Waals surface area (Å²) in [5, 5.41) is 10.2. The zero-order valence-electron chi connectivity index (χ0n) is 8.16. The van der Waals surface area contributed by atoms with Gasteiger partial charge in [0.2, 0.25) is 0 Å². The Hall–Kier alpha value is -2.01. The summed E-state index contributed by atoms with van der Waals surface area (Å²) in [6.07, 6.45) is 4.82. The van der Waals surface area contributed by atoms with Crippen LogP contribution in [-0.2, 0) is 0 Å². The van der Waals surface area contributed by atoms with Gasteiger partial charge in [0.1, 0.15) is 21.1 Å². The molecular weight excluding hydrogens is 222 g/mol. The molecule has 0 radical (unpaired) electrons. The third kappa shape index (κ3) is 1.51. The minimum Gasteiger partial charge on any atom is -0.506 e. The zero-order chi connectivity index (χ0) is 11.0. The summed E-state index contributed by atoms with van der Waals surface area (Å²) in [5.41, 5.74) is 1.67. The highest BCUT2D eigenvalue weighted by Gasteiger charge is 2.07. The summed E-state index contributed by atoms with van der Waals surface area (Å²) in [6, 6.07) is 5.41. The molecule has 3 heterocycles. The zero-order valence-corrected chi connectivity index (χ0v) is 8.98. The van der Waals surface area contributed by atoms with Gasteiger partial charge in [-0.3, -0.25) is 4.98 Å². The molecular formula is C11H7N3OS. The first kappa shape index (κ1) is 9.23. The van der Waals surface area contributed by atoms with Gasteiger partial charge >= 0.3 is 0 Å². The number of aromatic nitrogens is 3. The van der Waals surface area contributed by atoms with E-state index in [-0.39, 0.29) is 5.75 Å². The lowest BCUT2D eigenvalue weighted by Crippen LogP contribution is -1.78. The summed E-state index contributed by atoms with van der Waals surface area (Å²) >= 11 is 1.49. The van der Waals surface area contributed by atoms with E-state index in [0.29, 0.717) is 0 Å². The first-order valence-electron chi connectivity index (χ1n) is 4.69. The Balaban J connectivity index is 2.19. The summed E-state index contributed by atoms with van der Waals surface area (Å²) in [4.78, 5) is 13.5. The largest absolute Gasteiger partial charge is 0.506 e. The van der Waals surface area contributed by atoms with E-state index in [1.165, 1.54) is 17.5 Å². The van der Waals surface area contributed by atoms with E-state index in [1.807, 2.05) is 12.1 Å². The van der Waals surface area contributed by atoms with E-state index in [9.17, 15) is 5.11 Å². The molecule has 0 aliphatic rings.